The van der Waals surface area contributed by atoms with E-state index in [1.54, 1.807) is 6.20 Å². The lowest BCUT2D eigenvalue weighted by molar-refractivity contribution is 1.12. The molecule has 0 saturated heterocycles. The summed E-state index contributed by atoms with van der Waals surface area (Å²) in [6.07, 6.45) is 1.74. The van der Waals surface area contributed by atoms with Gasteiger partial charge in [-0.2, -0.15) is 5.10 Å². The quantitative estimate of drug-likeness (QED) is 0.686. The predicted octanol–water partition coefficient (Wildman–Crippen LogP) is 3.55. The first-order chi connectivity index (χ1) is 6.29. The number of H-pyrrole nitrogens is 1. The Morgan fingerprint density at radius 3 is 2.69 bits per heavy atom. The molecule has 3 heteroatoms. The van der Waals surface area contributed by atoms with Gasteiger partial charge in [-0.25, -0.2) is 0 Å². The third kappa shape index (κ3) is 1.83. The van der Waals surface area contributed by atoms with Crippen LogP contribution in [0.15, 0.2) is 18.3 Å². The van der Waals surface area contributed by atoms with Crippen LogP contribution in [0.4, 0.5) is 0 Å². The molecule has 1 aromatic heterocycles. The average Bonchev–Trinajstić information content (AvgIpc) is 2.63. The van der Waals surface area contributed by atoms with Crippen molar-refractivity contribution >= 4 is 22.5 Å². The highest BCUT2D eigenvalue weighted by Crippen LogP contribution is 2.24. The van der Waals surface area contributed by atoms with E-state index in [0.29, 0.717) is 0 Å². The van der Waals surface area contributed by atoms with Gasteiger partial charge >= 0.3 is 0 Å². The highest BCUT2D eigenvalue weighted by atomic mass is 35.5. The Hall–Kier alpha value is -1.02. The number of nitrogens with zero attached hydrogens (tertiary/aromatic N) is 1. The van der Waals surface area contributed by atoms with Crippen molar-refractivity contribution < 1.29 is 0 Å². The zero-order chi connectivity index (χ0) is 9.84. The van der Waals surface area contributed by atoms with Gasteiger partial charge in [-0.3, -0.25) is 5.10 Å². The molecule has 0 aliphatic carbocycles. The van der Waals surface area contributed by atoms with Crippen LogP contribution in [0, 0.1) is 6.92 Å². The molecule has 0 aliphatic rings. The second-order valence-electron chi connectivity index (χ2n) is 2.53. The SMILES string of the molecule is CC.Cc1ccc2[nH]ncc2c1Cl. The maximum absolute atomic E-state index is 6.01. The van der Waals surface area contributed by atoms with Crippen molar-refractivity contribution in [2.24, 2.45) is 0 Å². The van der Waals surface area contributed by atoms with Crippen LogP contribution < -0.4 is 0 Å². The monoisotopic (exact) mass is 196 g/mol. The smallest absolute Gasteiger partial charge is 0.0665 e. The lowest BCUT2D eigenvalue weighted by Crippen LogP contribution is -1.74. The summed E-state index contributed by atoms with van der Waals surface area (Å²) >= 11 is 6.01. The second kappa shape index (κ2) is 4.28. The minimum absolute atomic E-state index is 0.788. The number of nitrogens with one attached hydrogen (secondary N) is 1. The van der Waals surface area contributed by atoms with E-state index >= 15 is 0 Å². The number of aromatic nitrogens is 2. The molecule has 70 valence electrons. The van der Waals surface area contributed by atoms with E-state index in [1.807, 2.05) is 32.9 Å². The molecule has 0 fully saturated rings. The molecule has 0 spiro atoms. The minimum atomic E-state index is 0.788. The number of fused-ring (bicyclic) bond motifs is 1. The normalized spacial score (nSPS) is 9.54. The molecule has 0 radical (unpaired) electrons. The molecule has 1 aromatic carbocycles. The molecule has 2 rings (SSSR count). The van der Waals surface area contributed by atoms with Crippen molar-refractivity contribution in [2.75, 3.05) is 0 Å². The first-order valence-electron chi connectivity index (χ1n) is 4.37. The van der Waals surface area contributed by atoms with Crippen LogP contribution in [0.25, 0.3) is 10.9 Å². The molecule has 1 heterocycles. The van der Waals surface area contributed by atoms with Crippen molar-refractivity contribution in [3.63, 3.8) is 0 Å². The molecule has 2 aromatic rings. The first kappa shape index (κ1) is 10.1. The Kier molecular flexibility index (Phi) is 3.32. The maximum atomic E-state index is 6.01. The van der Waals surface area contributed by atoms with Crippen molar-refractivity contribution in [3.05, 3.63) is 28.9 Å². The van der Waals surface area contributed by atoms with Crippen molar-refractivity contribution in [3.8, 4) is 0 Å². The van der Waals surface area contributed by atoms with Gasteiger partial charge in [0.25, 0.3) is 0 Å². The van der Waals surface area contributed by atoms with Crippen LogP contribution in [0.3, 0.4) is 0 Å². The standard InChI is InChI=1S/C8H7ClN2.C2H6/c1-5-2-3-7-6(8(5)9)4-10-11-7;1-2/h2-4H,1H3,(H,10,11);1-2H3. The number of hydrogen-bond donors (Lipinski definition) is 1. The van der Waals surface area contributed by atoms with Crippen molar-refractivity contribution in [2.45, 2.75) is 20.8 Å². The van der Waals surface area contributed by atoms with Gasteiger partial charge in [0.2, 0.25) is 0 Å². The first-order valence-corrected chi connectivity index (χ1v) is 4.75. The summed E-state index contributed by atoms with van der Waals surface area (Å²) in [6, 6.07) is 3.95. The fourth-order valence-corrected chi connectivity index (χ4v) is 1.31. The Morgan fingerprint density at radius 1 is 1.31 bits per heavy atom. The summed E-state index contributed by atoms with van der Waals surface area (Å²) in [5.74, 6) is 0. The van der Waals surface area contributed by atoms with Crippen LogP contribution >= 0.6 is 11.6 Å². The number of benzene rings is 1. The van der Waals surface area contributed by atoms with E-state index < -0.39 is 0 Å². The molecule has 0 bridgehead atoms. The van der Waals surface area contributed by atoms with E-state index in [4.69, 9.17) is 11.6 Å². The molecule has 0 unspecified atom stereocenters. The number of rotatable bonds is 0. The van der Waals surface area contributed by atoms with E-state index in [0.717, 1.165) is 21.5 Å². The summed E-state index contributed by atoms with van der Waals surface area (Å²) in [7, 11) is 0. The fourth-order valence-electron chi connectivity index (χ4n) is 1.09. The summed E-state index contributed by atoms with van der Waals surface area (Å²) in [6.45, 7) is 5.98. The van der Waals surface area contributed by atoms with E-state index in [2.05, 4.69) is 10.2 Å². The third-order valence-corrected chi connectivity index (χ3v) is 2.25. The number of hydrogen-bond acceptors (Lipinski definition) is 1. The summed E-state index contributed by atoms with van der Waals surface area (Å²) < 4.78 is 0. The molecule has 0 amide bonds. The van der Waals surface area contributed by atoms with Crippen LogP contribution in [0.5, 0.6) is 0 Å². The molecule has 1 N–H and O–H groups in total. The van der Waals surface area contributed by atoms with Gasteiger partial charge in [0.05, 0.1) is 16.7 Å². The topological polar surface area (TPSA) is 28.7 Å². The van der Waals surface area contributed by atoms with Gasteiger partial charge in [-0.15, -0.1) is 0 Å². The van der Waals surface area contributed by atoms with Crippen LogP contribution in [0.2, 0.25) is 5.02 Å². The molecule has 0 aliphatic heterocycles. The molecule has 13 heavy (non-hydrogen) atoms. The highest BCUT2D eigenvalue weighted by Gasteiger charge is 2.01. The molecule has 0 atom stereocenters. The minimum Gasteiger partial charge on any atom is -0.278 e. The highest BCUT2D eigenvalue weighted by molar-refractivity contribution is 6.36. The van der Waals surface area contributed by atoms with Gasteiger partial charge < -0.3 is 0 Å². The molecule has 2 nitrogen and oxygen atoms in total. The Labute approximate surface area is 82.9 Å². The lowest BCUT2D eigenvalue weighted by atomic mass is 10.2. The van der Waals surface area contributed by atoms with Gasteiger partial charge in [0, 0.05) is 5.39 Å². The van der Waals surface area contributed by atoms with Crippen LogP contribution in [-0.2, 0) is 0 Å². The molecular weight excluding hydrogens is 184 g/mol. The predicted molar refractivity (Wildman–Crippen MR) is 57.2 cm³/mol. The third-order valence-electron chi connectivity index (χ3n) is 1.75. The molecular formula is C10H13ClN2. The zero-order valence-corrected chi connectivity index (χ0v) is 8.81. The van der Waals surface area contributed by atoms with Gasteiger partial charge in [0.1, 0.15) is 0 Å². The number of halogens is 1. The second-order valence-corrected chi connectivity index (χ2v) is 2.91. The van der Waals surface area contributed by atoms with Crippen LogP contribution in [-0.4, -0.2) is 10.2 Å². The number of aromatic amines is 1. The van der Waals surface area contributed by atoms with Crippen molar-refractivity contribution in [1.29, 1.82) is 0 Å². The Balaban J connectivity index is 0.000000396. The van der Waals surface area contributed by atoms with E-state index in [1.165, 1.54) is 0 Å². The maximum Gasteiger partial charge on any atom is 0.0665 e. The summed E-state index contributed by atoms with van der Waals surface area (Å²) in [5, 5.41) is 8.53. The number of aryl methyl sites for hydroxylation is 1. The molecule has 0 saturated carbocycles. The van der Waals surface area contributed by atoms with Gasteiger partial charge in [-0.1, -0.05) is 31.5 Å². The Morgan fingerprint density at radius 2 is 2.00 bits per heavy atom. The Bertz CT molecular complexity index is 393. The largest absolute Gasteiger partial charge is 0.278 e. The van der Waals surface area contributed by atoms with E-state index in [9.17, 15) is 0 Å². The van der Waals surface area contributed by atoms with Crippen LogP contribution in [0.1, 0.15) is 19.4 Å². The van der Waals surface area contributed by atoms with Crippen molar-refractivity contribution in [1.82, 2.24) is 10.2 Å². The summed E-state index contributed by atoms with van der Waals surface area (Å²) in [5.41, 5.74) is 2.07. The fraction of sp³-hybridized carbons (Fsp3) is 0.300. The van der Waals surface area contributed by atoms with Gasteiger partial charge in [-0.05, 0) is 18.6 Å². The average molecular weight is 197 g/mol. The van der Waals surface area contributed by atoms with E-state index in [-0.39, 0.29) is 0 Å². The zero-order valence-electron chi connectivity index (χ0n) is 8.06. The summed E-state index contributed by atoms with van der Waals surface area (Å²) in [4.78, 5) is 0. The van der Waals surface area contributed by atoms with Gasteiger partial charge in [0.15, 0.2) is 0 Å². The lowest BCUT2D eigenvalue weighted by Gasteiger charge is -1.96.